The number of rotatable bonds is 7. The van der Waals surface area contributed by atoms with Gasteiger partial charge in [0.25, 0.3) is 0 Å². The number of benzene rings is 2. The third-order valence-electron chi connectivity index (χ3n) is 3.21. The summed E-state index contributed by atoms with van der Waals surface area (Å²) in [5, 5.41) is 0. The minimum absolute atomic E-state index is 0.290. The van der Waals surface area contributed by atoms with Crippen LogP contribution >= 0.6 is 0 Å². The number of aliphatic imine (C=N–C) groups is 1. The summed E-state index contributed by atoms with van der Waals surface area (Å²) in [6.07, 6.45) is 0.803. The molecule has 0 spiro atoms. The van der Waals surface area contributed by atoms with Crippen molar-refractivity contribution in [2.24, 2.45) is 4.99 Å². The Balaban J connectivity index is 1.94. The van der Waals surface area contributed by atoms with Gasteiger partial charge in [0.1, 0.15) is 18.5 Å². The number of esters is 1. The topological polar surface area (TPSA) is 47.9 Å². The lowest BCUT2D eigenvalue weighted by Gasteiger charge is -2.13. The number of ether oxygens (including phenoxy) is 2. The van der Waals surface area contributed by atoms with E-state index >= 15 is 0 Å². The van der Waals surface area contributed by atoms with E-state index in [4.69, 9.17) is 9.47 Å². The zero-order valence-corrected chi connectivity index (χ0v) is 13.1. The second-order valence-electron chi connectivity index (χ2n) is 4.99. The number of carbonyl (C=O) groups excluding carboxylic acids is 1. The maximum atomic E-state index is 11.1. The zero-order chi connectivity index (χ0) is 16.7. The molecule has 0 amide bonds. The highest BCUT2D eigenvalue weighted by atomic mass is 16.6. The van der Waals surface area contributed by atoms with Crippen LogP contribution in [0.4, 0.5) is 5.69 Å². The molecule has 0 aliphatic carbocycles. The molecule has 118 valence electrons. The van der Waals surface area contributed by atoms with E-state index < -0.39 is 5.97 Å². The first-order valence-corrected chi connectivity index (χ1v) is 7.25. The lowest BCUT2D eigenvalue weighted by molar-refractivity contribution is -0.143. The van der Waals surface area contributed by atoms with Crippen molar-refractivity contribution in [2.45, 2.75) is 13.0 Å². The van der Waals surface area contributed by atoms with E-state index in [2.05, 4.69) is 18.3 Å². The summed E-state index contributed by atoms with van der Waals surface area (Å²) in [4.78, 5) is 14.9. The van der Waals surface area contributed by atoms with Gasteiger partial charge in [0.05, 0.1) is 5.69 Å². The van der Waals surface area contributed by atoms with E-state index in [9.17, 15) is 4.79 Å². The third kappa shape index (κ3) is 4.81. The van der Waals surface area contributed by atoms with Crippen molar-refractivity contribution in [2.75, 3.05) is 6.61 Å². The summed E-state index contributed by atoms with van der Waals surface area (Å²) < 4.78 is 10.6. The van der Waals surface area contributed by atoms with Crippen LogP contribution in [0.1, 0.15) is 6.92 Å². The van der Waals surface area contributed by atoms with Crippen molar-refractivity contribution in [3.05, 3.63) is 61.2 Å². The normalized spacial score (nSPS) is 11.3. The molecule has 0 aromatic heterocycles. The Morgan fingerprint density at radius 3 is 2.22 bits per heavy atom. The van der Waals surface area contributed by atoms with E-state index in [0.717, 1.165) is 28.6 Å². The van der Waals surface area contributed by atoms with E-state index in [0.29, 0.717) is 6.61 Å². The molecule has 0 aliphatic rings. The van der Waals surface area contributed by atoms with E-state index in [-0.39, 0.29) is 6.10 Å². The van der Waals surface area contributed by atoms with Gasteiger partial charge >= 0.3 is 5.97 Å². The van der Waals surface area contributed by atoms with Crippen LogP contribution in [0, 0.1) is 0 Å². The molecule has 0 fully saturated rings. The number of nitrogens with zero attached hydrogens (tertiary/aromatic N) is 1. The molecule has 0 bridgehead atoms. The second-order valence-corrected chi connectivity index (χ2v) is 4.99. The number of hydrogen-bond acceptors (Lipinski definition) is 4. The molecule has 0 N–H and O–H groups in total. The Kier molecular flexibility index (Phi) is 5.69. The molecule has 0 aliphatic heterocycles. The van der Waals surface area contributed by atoms with Crippen LogP contribution in [-0.2, 0) is 9.53 Å². The first-order valence-electron chi connectivity index (χ1n) is 7.25. The molecule has 0 saturated heterocycles. The summed E-state index contributed by atoms with van der Waals surface area (Å²) in [7, 11) is 0. The molecule has 0 heterocycles. The number of carbonyl (C=O) groups is 1. The van der Waals surface area contributed by atoms with Gasteiger partial charge in [0, 0.05) is 6.08 Å². The van der Waals surface area contributed by atoms with Gasteiger partial charge in [-0.25, -0.2) is 4.79 Å². The van der Waals surface area contributed by atoms with Crippen molar-refractivity contribution in [1.29, 1.82) is 0 Å². The molecule has 4 heteroatoms. The van der Waals surface area contributed by atoms with E-state index in [1.807, 2.05) is 48.5 Å². The first-order chi connectivity index (χ1) is 11.1. The second kappa shape index (κ2) is 7.94. The summed E-state index contributed by atoms with van der Waals surface area (Å²) in [5.41, 5.74) is 3.02. The molecule has 1 unspecified atom stereocenters. The minimum Gasteiger partial charge on any atom is -0.490 e. The lowest BCUT2D eigenvalue weighted by atomic mass is 10.1. The Morgan fingerprint density at radius 1 is 1.13 bits per heavy atom. The monoisotopic (exact) mass is 309 g/mol. The summed E-state index contributed by atoms with van der Waals surface area (Å²) in [5.74, 6) is 0.272. The van der Waals surface area contributed by atoms with Gasteiger partial charge in [0.15, 0.2) is 0 Å². The molecular weight excluding hydrogens is 290 g/mol. The molecule has 2 aromatic rings. The van der Waals surface area contributed by atoms with E-state index in [1.54, 1.807) is 6.92 Å². The Labute approximate surface area is 136 Å². The molecule has 23 heavy (non-hydrogen) atoms. The predicted octanol–water partition coefficient (Wildman–Crippen LogP) is 4.18. The summed E-state index contributed by atoms with van der Waals surface area (Å²) in [6, 6.07) is 15.6. The molecule has 0 saturated carbocycles. The van der Waals surface area contributed by atoms with Crippen LogP contribution < -0.4 is 4.74 Å². The first kappa shape index (κ1) is 16.5. The van der Waals surface area contributed by atoms with Crippen molar-refractivity contribution >= 4 is 18.4 Å². The SMILES string of the molecule is C=CC(=O)OC(C)COc1ccc(-c2ccc(N=C)cc2)cc1. The quantitative estimate of drug-likeness (QED) is 0.438. The summed E-state index contributed by atoms with van der Waals surface area (Å²) in [6.45, 7) is 8.92. The van der Waals surface area contributed by atoms with Crippen molar-refractivity contribution in [3.63, 3.8) is 0 Å². The standard InChI is InChI=1S/C19H19NO3/c1-4-19(21)23-14(2)13-22-18-11-7-16(8-12-18)15-5-9-17(20-3)10-6-15/h4-12,14H,1,3,13H2,2H3. The molecule has 0 radical (unpaired) electrons. The van der Waals surface area contributed by atoms with Gasteiger partial charge in [-0.3, -0.25) is 4.99 Å². The fourth-order valence-electron chi connectivity index (χ4n) is 2.00. The van der Waals surface area contributed by atoms with Crippen LogP contribution in [0.3, 0.4) is 0 Å². The average molecular weight is 309 g/mol. The molecule has 2 aromatic carbocycles. The Hall–Kier alpha value is -2.88. The van der Waals surface area contributed by atoms with Gasteiger partial charge in [-0.05, 0) is 49.0 Å². The van der Waals surface area contributed by atoms with Crippen LogP contribution in [0.5, 0.6) is 5.75 Å². The molecule has 1 atom stereocenters. The zero-order valence-electron chi connectivity index (χ0n) is 13.1. The van der Waals surface area contributed by atoms with Crippen molar-refractivity contribution < 1.29 is 14.3 Å². The van der Waals surface area contributed by atoms with Gasteiger partial charge in [-0.1, -0.05) is 30.8 Å². The van der Waals surface area contributed by atoms with Crippen LogP contribution in [0.25, 0.3) is 11.1 Å². The fraction of sp³-hybridized carbons (Fsp3) is 0.158. The highest BCUT2D eigenvalue weighted by Crippen LogP contribution is 2.24. The maximum Gasteiger partial charge on any atom is 0.330 e. The van der Waals surface area contributed by atoms with Crippen LogP contribution in [-0.4, -0.2) is 25.4 Å². The Morgan fingerprint density at radius 2 is 1.70 bits per heavy atom. The lowest BCUT2D eigenvalue weighted by Crippen LogP contribution is -2.20. The molecule has 4 nitrogen and oxygen atoms in total. The van der Waals surface area contributed by atoms with E-state index in [1.165, 1.54) is 0 Å². The largest absolute Gasteiger partial charge is 0.490 e. The average Bonchev–Trinajstić information content (AvgIpc) is 2.60. The molecular formula is C19H19NO3. The van der Waals surface area contributed by atoms with Crippen molar-refractivity contribution in [3.8, 4) is 16.9 Å². The van der Waals surface area contributed by atoms with Crippen LogP contribution in [0.2, 0.25) is 0 Å². The molecule has 2 rings (SSSR count). The van der Waals surface area contributed by atoms with Gasteiger partial charge in [-0.15, -0.1) is 0 Å². The fourth-order valence-corrected chi connectivity index (χ4v) is 2.00. The Bertz CT molecular complexity index is 675. The van der Waals surface area contributed by atoms with Crippen molar-refractivity contribution in [1.82, 2.24) is 0 Å². The van der Waals surface area contributed by atoms with Gasteiger partial charge in [-0.2, -0.15) is 0 Å². The third-order valence-corrected chi connectivity index (χ3v) is 3.21. The maximum absolute atomic E-state index is 11.1. The van der Waals surface area contributed by atoms with Gasteiger partial charge in [0.2, 0.25) is 0 Å². The highest BCUT2D eigenvalue weighted by molar-refractivity contribution is 5.81. The van der Waals surface area contributed by atoms with Crippen LogP contribution in [0.15, 0.2) is 66.2 Å². The smallest absolute Gasteiger partial charge is 0.330 e. The number of hydrogen-bond donors (Lipinski definition) is 0. The predicted molar refractivity (Wildman–Crippen MR) is 92.3 cm³/mol. The summed E-state index contributed by atoms with van der Waals surface area (Å²) >= 11 is 0. The minimum atomic E-state index is -0.450. The van der Waals surface area contributed by atoms with Gasteiger partial charge < -0.3 is 9.47 Å². The highest BCUT2D eigenvalue weighted by Gasteiger charge is 2.07.